The van der Waals surface area contributed by atoms with Crippen LogP contribution in [0.4, 0.5) is 0 Å². The van der Waals surface area contributed by atoms with Crippen LogP contribution in [0.25, 0.3) is 10.8 Å². The zero-order chi connectivity index (χ0) is 13.9. The molecule has 0 bridgehead atoms. The Balaban J connectivity index is 2.12. The van der Waals surface area contributed by atoms with E-state index in [2.05, 4.69) is 9.97 Å². The third kappa shape index (κ3) is 2.17. The largest absolute Gasteiger partial charge is 0.507 e. The van der Waals surface area contributed by atoms with Crippen LogP contribution < -0.4 is 0 Å². The summed E-state index contributed by atoms with van der Waals surface area (Å²) in [6.07, 6.45) is 3.06. The Morgan fingerprint density at radius 3 is 2.55 bits per heavy atom. The van der Waals surface area contributed by atoms with E-state index in [1.54, 1.807) is 12.3 Å². The zero-order valence-corrected chi connectivity index (χ0v) is 11.1. The fourth-order valence-electron chi connectivity index (χ4n) is 1.93. The van der Waals surface area contributed by atoms with E-state index in [0.717, 1.165) is 15.7 Å². The minimum absolute atomic E-state index is 0.240. The highest BCUT2D eigenvalue weighted by Crippen LogP contribution is 2.36. The Morgan fingerprint density at radius 1 is 1.00 bits per heavy atom. The van der Waals surface area contributed by atoms with Gasteiger partial charge in [0.2, 0.25) is 0 Å². The van der Waals surface area contributed by atoms with E-state index in [4.69, 9.17) is 5.26 Å². The van der Waals surface area contributed by atoms with E-state index in [1.165, 1.54) is 18.0 Å². The van der Waals surface area contributed by atoms with Gasteiger partial charge in [-0.15, -0.1) is 0 Å². The highest BCUT2D eigenvalue weighted by molar-refractivity contribution is 7.99. The quantitative estimate of drug-likeness (QED) is 0.779. The van der Waals surface area contributed by atoms with Gasteiger partial charge in [0.05, 0.1) is 0 Å². The molecule has 96 valence electrons. The molecule has 3 aromatic rings. The molecule has 0 unspecified atom stereocenters. The van der Waals surface area contributed by atoms with E-state index in [1.807, 2.05) is 36.4 Å². The van der Waals surface area contributed by atoms with Crippen LogP contribution >= 0.6 is 11.8 Å². The Labute approximate surface area is 119 Å². The maximum atomic E-state index is 9.87. The molecule has 20 heavy (non-hydrogen) atoms. The minimum atomic E-state index is 0.240. The van der Waals surface area contributed by atoms with Gasteiger partial charge in [-0.1, -0.05) is 36.0 Å². The lowest BCUT2D eigenvalue weighted by Crippen LogP contribution is -1.90. The topological polar surface area (TPSA) is 69.8 Å². The van der Waals surface area contributed by atoms with Crippen molar-refractivity contribution in [1.29, 1.82) is 5.26 Å². The summed E-state index contributed by atoms with van der Waals surface area (Å²) < 4.78 is 0. The Kier molecular flexibility index (Phi) is 3.23. The first-order valence-corrected chi connectivity index (χ1v) is 6.71. The summed E-state index contributed by atoms with van der Waals surface area (Å²) in [7, 11) is 0. The number of benzene rings is 2. The lowest BCUT2D eigenvalue weighted by molar-refractivity contribution is 0.481. The maximum Gasteiger partial charge on any atom is 0.173 e. The van der Waals surface area contributed by atoms with E-state index < -0.39 is 0 Å². The summed E-state index contributed by atoms with van der Waals surface area (Å²) in [5.74, 6) is 0.240. The molecule has 0 atom stereocenters. The average molecular weight is 279 g/mol. The molecule has 0 aliphatic rings. The first kappa shape index (κ1) is 12.5. The third-order valence-corrected chi connectivity index (χ3v) is 3.91. The summed E-state index contributed by atoms with van der Waals surface area (Å²) in [6.45, 7) is 0. The Hall–Kier alpha value is -2.58. The van der Waals surface area contributed by atoms with Crippen molar-refractivity contribution in [2.75, 3.05) is 0 Å². The van der Waals surface area contributed by atoms with Crippen LogP contribution in [0.3, 0.4) is 0 Å². The maximum absolute atomic E-state index is 9.87. The van der Waals surface area contributed by atoms with Gasteiger partial charge in [0, 0.05) is 22.7 Å². The van der Waals surface area contributed by atoms with Crippen molar-refractivity contribution >= 4 is 22.5 Å². The highest BCUT2D eigenvalue weighted by atomic mass is 32.2. The molecule has 0 fully saturated rings. The summed E-state index contributed by atoms with van der Waals surface area (Å²) in [5, 5.41) is 21.2. The van der Waals surface area contributed by atoms with Gasteiger partial charge in [-0.05, 0) is 17.5 Å². The summed E-state index contributed by atoms with van der Waals surface area (Å²) >= 11 is 1.37. The van der Waals surface area contributed by atoms with Crippen molar-refractivity contribution in [3.05, 3.63) is 54.5 Å². The number of rotatable bonds is 2. The van der Waals surface area contributed by atoms with Gasteiger partial charge in [0.25, 0.3) is 0 Å². The lowest BCUT2D eigenvalue weighted by Gasteiger charge is -2.07. The number of nitriles is 1. The summed E-state index contributed by atoms with van der Waals surface area (Å²) in [5.41, 5.74) is 0.301. The SMILES string of the molecule is N#Cc1nccnc1Sc1ccc(O)c2ccccc12. The normalized spacial score (nSPS) is 10.3. The van der Waals surface area contributed by atoms with Crippen molar-refractivity contribution in [3.8, 4) is 11.8 Å². The predicted octanol–water partition coefficient (Wildman–Crippen LogP) is 3.36. The van der Waals surface area contributed by atoms with Crippen LogP contribution in [-0.4, -0.2) is 15.1 Å². The summed E-state index contributed by atoms with van der Waals surface area (Å²) in [4.78, 5) is 9.11. The van der Waals surface area contributed by atoms with Gasteiger partial charge in [0.15, 0.2) is 5.69 Å². The molecule has 0 saturated carbocycles. The molecule has 1 N–H and O–H groups in total. The van der Waals surface area contributed by atoms with Gasteiger partial charge in [0.1, 0.15) is 16.8 Å². The molecule has 5 heteroatoms. The number of nitrogens with zero attached hydrogens (tertiary/aromatic N) is 3. The van der Waals surface area contributed by atoms with Crippen LogP contribution in [0.5, 0.6) is 5.75 Å². The van der Waals surface area contributed by atoms with Crippen LogP contribution in [0.2, 0.25) is 0 Å². The fourth-order valence-corrected chi connectivity index (χ4v) is 2.87. The lowest BCUT2D eigenvalue weighted by atomic mass is 10.1. The van der Waals surface area contributed by atoms with Crippen LogP contribution in [-0.2, 0) is 0 Å². The van der Waals surface area contributed by atoms with Gasteiger partial charge in [-0.3, -0.25) is 0 Å². The van der Waals surface area contributed by atoms with Gasteiger partial charge in [-0.25, -0.2) is 9.97 Å². The number of aromatic nitrogens is 2. The number of phenols is 1. The van der Waals surface area contributed by atoms with Crippen LogP contribution in [0.15, 0.2) is 58.7 Å². The molecule has 3 rings (SSSR count). The van der Waals surface area contributed by atoms with E-state index in [0.29, 0.717) is 10.7 Å². The molecule has 0 saturated heterocycles. The number of aromatic hydroxyl groups is 1. The van der Waals surface area contributed by atoms with Gasteiger partial charge in [-0.2, -0.15) is 5.26 Å². The van der Waals surface area contributed by atoms with Crippen molar-refractivity contribution in [2.24, 2.45) is 0 Å². The van der Waals surface area contributed by atoms with Crippen molar-refractivity contribution in [1.82, 2.24) is 9.97 Å². The zero-order valence-electron chi connectivity index (χ0n) is 10.3. The molecular formula is C15H9N3OS. The minimum Gasteiger partial charge on any atom is -0.507 e. The smallest absolute Gasteiger partial charge is 0.173 e. The highest BCUT2D eigenvalue weighted by Gasteiger charge is 2.10. The molecule has 1 aromatic heterocycles. The predicted molar refractivity (Wildman–Crippen MR) is 76.5 cm³/mol. The number of phenolic OH excluding ortho intramolecular Hbond substituents is 1. The molecule has 0 spiro atoms. The van der Waals surface area contributed by atoms with E-state index in [9.17, 15) is 5.11 Å². The second kappa shape index (κ2) is 5.19. The van der Waals surface area contributed by atoms with Crippen molar-refractivity contribution in [3.63, 3.8) is 0 Å². The Bertz CT molecular complexity index is 827. The molecule has 2 aromatic carbocycles. The average Bonchev–Trinajstić information content (AvgIpc) is 2.51. The van der Waals surface area contributed by atoms with Crippen LogP contribution in [0.1, 0.15) is 5.69 Å². The second-order valence-corrected chi connectivity index (χ2v) is 5.08. The number of fused-ring (bicyclic) bond motifs is 1. The molecule has 4 nitrogen and oxygen atoms in total. The molecular weight excluding hydrogens is 270 g/mol. The Morgan fingerprint density at radius 2 is 1.75 bits per heavy atom. The fraction of sp³-hybridized carbons (Fsp3) is 0. The molecule has 0 aliphatic heterocycles. The third-order valence-electron chi connectivity index (χ3n) is 2.84. The van der Waals surface area contributed by atoms with Crippen LogP contribution in [0, 0.1) is 11.3 Å². The first-order chi connectivity index (χ1) is 9.79. The van der Waals surface area contributed by atoms with E-state index in [-0.39, 0.29) is 5.75 Å². The summed E-state index contributed by atoms with van der Waals surface area (Å²) in [6, 6.07) is 13.1. The monoisotopic (exact) mass is 279 g/mol. The second-order valence-electron chi connectivity index (χ2n) is 4.05. The van der Waals surface area contributed by atoms with Gasteiger partial charge < -0.3 is 5.11 Å². The molecule has 1 heterocycles. The standard InChI is InChI=1S/C15H9N3OS/c16-9-12-15(18-8-7-17-12)20-14-6-5-13(19)10-3-1-2-4-11(10)14/h1-8,19H. The number of hydrogen-bond acceptors (Lipinski definition) is 5. The first-order valence-electron chi connectivity index (χ1n) is 5.89. The van der Waals surface area contributed by atoms with Gasteiger partial charge >= 0.3 is 0 Å². The van der Waals surface area contributed by atoms with Crippen molar-refractivity contribution in [2.45, 2.75) is 9.92 Å². The van der Waals surface area contributed by atoms with Crippen molar-refractivity contribution < 1.29 is 5.11 Å². The molecule has 0 aliphatic carbocycles. The molecule has 0 amide bonds. The molecule has 0 radical (unpaired) electrons. The van der Waals surface area contributed by atoms with E-state index >= 15 is 0 Å². The number of hydrogen-bond donors (Lipinski definition) is 1.